The van der Waals surface area contributed by atoms with E-state index in [0.717, 1.165) is 25.5 Å². The highest BCUT2D eigenvalue weighted by atomic mass is 14.7. The molecule has 0 atom stereocenters. The summed E-state index contributed by atoms with van der Waals surface area (Å²) < 4.78 is 0. The molecule has 4 heteroatoms. The molecule has 0 aromatic heterocycles. The third-order valence-corrected chi connectivity index (χ3v) is 8.90. The van der Waals surface area contributed by atoms with Gasteiger partial charge in [0.1, 0.15) is 14.6 Å². The van der Waals surface area contributed by atoms with Crippen LogP contribution >= 0.6 is 0 Å². The standard InChI is InChI=1S/C38H48B2N2/c1-25-11-15-33(29(5)21-25)37(41,34-16-12-26(2)22-30(34)6)39-19-9-10-20-40-38(42,35-17-13-27(3)23-31(35)7)36-18-14-28(4)24-32(36)8/h11-18,21-24H,9-10,19-20,41-42H2,1-8H3. The second kappa shape index (κ2) is 13.1. The molecular formula is C38H48B2N2. The van der Waals surface area contributed by atoms with Gasteiger partial charge in [0.15, 0.2) is 0 Å². The molecule has 4 aromatic carbocycles. The third-order valence-electron chi connectivity index (χ3n) is 8.90. The number of hydrogen-bond donors (Lipinski definition) is 2. The highest BCUT2D eigenvalue weighted by molar-refractivity contribution is 6.42. The van der Waals surface area contributed by atoms with E-state index in [2.05, 4.69) is 143 Å². The van der Waals surface area contributed by atoms with Crippen LogP contribution in [0.15, 0.2) is 72.8 Å². The van der Waals surface area contributed by atoms with Crippen molar-refractivity contribution in [3.8, 4) is 0 Å². The summed E-state index contributed by atoms with van der Waals surface area (Å²) in [5.74, 6) is 0. The zero-order valence-electron chi connectivity index (χ0n) is 27.1. The molecule has 0 aliphatic rings. The topological polar surface area (TPSA) is 52.0 Å². The normalized spacial score (nSPS) is 12.0. The summed E-state index contributed by atoms with van der Waals surface area (Å²) in [6, 6.07) is 26.5. The van der Waals surface area contributed by atoms with Crippen molar-refractivity contribution in [3.05, 3.63) is 140 Å². The van der Waals surface area contributed by atoms with Crippen LogP contribution < -0.4 is 11.5 Å². The van der Waals surface area contributed by atoms with E-state index in [4.69, 9.17) is 11.5 Å². The lowest BCUT2D eigenvalue weighted by Gasteiger charge is -2.34. The van der Waals surface area contributed by atoms with E-state index < -0.39 is 10.9 Å². The van der Waals surface area contributed by atoms with Crippen molar-refractivity contribution in [3.63, 3.8) is 0 Å². The molecule has 0 saturated heterocycles. The van der Waals surface area contributed by atoms with Gasteiger partial charge in [0.25, 0.3) is 0 Å². The number of nitrogens with two attached hydrogens (primary N) is 2. The first-order chi connectivity index (χ1) is 19.8. The van der Waals surface area contributed by atoms with Crippen molar-refractivity contribution >= 4 is 14.6 Å². The summed E-state index contributed by atoms with van der Waals surface area (Å²) in [5.41, 5.74) is 28.1. The van der Waals surface area contributed by atoms with Crippen LogP contribution in [0.25, 0.3) is 0 Å². The van der Waals surface area contributed by atoms with Gasteiger partial charge in [0.05, 0.1) is 0 Å². The molecule has 2 radical (unpaired) electrons. The summed E-state index contributed by atoms with van der Waals surface area (Å²) in [6.07, 6.45) is 3.94. The molecule has 4 aromatic rings. The van der Waals surface area contributed by atoms with E-state index in [0.29, 0.717) is 0 Å². The predicted molar refractivity (Wildman–Crippen MR) is 184 cm³/mol. The summed E-state index contributed by atoms with van der Waals surface area (Å²) in [7, 11) is 4.68. The fourth-order valence-corrected chi connectivity index (χ4v) is 6.79. The quantitative estimate of drug-likeness (QED) is 0.145. The van der Waals surface area contributed by atoms with Gasteiger partial charge in [-0.3, -0.25) is 0 Å². The van der Waals surface area contributed by atoms with Crippen molar-refractivity contribution < 1.29 is 0 Å². The number of benzene rings is 4. The van der Waals surface area contributed by atoms with Gasteiger partial charge < -0.3 is 11.5 Å². The van der Waals surface area contributed by atoms with Crippen LogP contribution in [0.4, 0.5) is 0 Å². The van der Waals surface area contributed by atoms with E-state index in [1.165, 1.54) is 66.8 Å². The highest BCUT2D eigenvalue weighted by Gasteiger charge is 2.34. The lowest BCUT2D eigenvalue weighted by atomic mass is 9.48. The summed E-state index contributed by atoms with van der Waals surface area (Å²) in [4.78, 5) is 0. The molecular weight excluding hydrogens is 506 g/mol. The minimum Gasteiger partial charge on any atom is -0.325 e. The maximum atomic E-state index is 7.35. The summed E-state index contributed by atoms with van der Waals surface area (Å²) >= 11 is 0. The number of aryl methyl sites for hydroxylation is 8. The fraction of sp³-hybridized carbons (Fsp3) is 0.368. The largest absolute Gasteiger partial charge is 0.325 e. The number of rotatable bonds is 11. The maximum Gasteiger partial charge on any atom is 0.149 e. The summed E-state index contributed by atoms with van der Waals surface area (Å²) in [6.45, 7) is 17.3. The molecule has 0 saturated carbocycles. The minimum atomic E-state index is -0.644. The van der Waals surface area contributed by atoms with Gasteiger partial charge >= 0.3 is 0 Å². The number of unbranched alkanes of at least 4 members (excludes halogenated alkanes) is 1. The molecule has 4 N–H and O–H groups in total. The molecule has 4 rings (SSSR count). The molecule has 42 heavy (non-hydrogen) atoms. The maximum absolute atomic E-state index is 7.35. The van der Waals surface area contributed by atoms with Gasteiger partial charge in [-0.1, -0.05) is 121 Å². The minimum absolute atomic E-state index is 0.644. The van der Waals surface area contributed by atoms with Crippen molar-refractivity contribution in [2.45, 2.75) is 91.7 Å². The Bertz CT molecular complexity index is 1340. The van der Waals surface area contributed by atoms with Crippen LogP contribution in [0, 0.1) is 55.4 Å². The van der Waals surface area contributed by atoms with Crippen molar-refractivity contribution in [1.29, 1.82) is 0 Å². The summed E-state index contributed by atoms with van der Waals surface area (Å²) in [5, 5.41) is 0. The highest BCUT2D eigenvalue weighted by Crippen LogP contribution is 2.35. The Morgan fingerprint density at radius 2 is 0.667 bits per heavy atom. The van der Waals surface area contributed by atoms with Crippen LogP contribution in [0.1, 0.15) is 79.6 Å². The second-order valence-electron chi connectivity index (χ2n) is 12.7. The Morgan fingerprint density at radius 3 is 0.881 bits per heavy atom. The molecule has 0 heterocycles. The first kappa shape index (κ1) is 31.9. The Kier molecular flexibility index (Phi) is 9.91. The smallest absolute Gasteiger partial charge is 0.149 e. The van der Waals surface area contributed by atoms with E-state index in [-0.39, 0.29) is 0 Å². The van der Waals surface area contributed by atoms with Gasteiger partial charge in [-0.25, -0.2) is 0 Å². The molecule has 2 nitrogen and oxygen atoms in total. The van der Waals surface area contributed by atoms with E-state index in [1.54, 1.807) is 0 Å². The van der Waals surface area contributed by atoms with Crippen molar-refractivity contribution in [2.75, 3.05) is 0 Å². The van der Waals surface area contributed by atoms with Crippen LogP contribution in [0.5, 0.6) is 0 Å². The zero-order chi connectivity index (χ0) is 30.7. The molecule has 0 spiro atoms. The molecule has 0 amide bonds. The predicted octanol–water partition coefficient (Wildman–Crippen LogP) is 8.20. The van der Waals surface area contributed by atoms with Gasteiger partial charge in [-0.2, -0.15) is 0 Å². The zero-order valence-corrected chi connectivity index (χ0v) is 27.1. The SMILES string of the molecule is Cc1ccc(C(N)([B]CCCC[B]C(N)(c2ccc(C)cc2C)c2ccc(C)cc2C)c2ccc(C)cc2C)c(C)c1. The van der Waals surface area contributed by atoms with Crippen LogP contribution in [0.3, 0.4) is 0 Å². The lowest BCUT2D eigenvalue weighted by molar-refractivity contribution is 0.720. The van der Waals surface area contributed by atoms with Gasteiger partial charge in [0.2, 0.25) is 0 Å². The van der Waals surface area contributed by atoms with Crippen LogP contribution in [-0.4, -0.2) is 14.6 Å². The van der Waals surface area contributed by atoms with E-state index >= 15 is 0 Å². The molecule has 0 aliphatic carbocycles. The Morgan fingerprint density at radius 1 is 0.429 bits per heavy atom. The van der Waals surface area contributed by atoms with Crippen LogP contribution in [-0.2, 0) is 10.9 Å². The fourth-order valence-electron chi connectivity index (χ4n) is 6.79. The Labute approximate surface area is 256 Å². The monoisotopic (exact) mass is 554 g/mol. The van der Waals surface area contributed by atoms with Gasteiger partial charge in [-0.15, -0.1) is 0 Å². The Balaban J connectivity index is 1.52. The molecule has 0 unspecified atom stereocenters. The third kappa shape index (κ3) is 6.77. The average molecular weight is 554 g/mol. The first-order valence-electron chi connectivity index (χ1n) is 15.4. The molecule has 216 valence electrons. The molecule has 0 fully saturated rings. The van der Waals surface area contributed by atoms with E-state index in [1.807, 2.05) is 0 Å². The molecule has 0 aliphatic heterocycles. The van der Waals surface area contributed by atoms with Crippen molar-refractivity contribution in [1.82, 2.24) is 0 Å². The lowest BCUT2D eigenvalue weighted by Crippen LogP contribution is -2.45. The Hall–Kier alpha value is -3.07. The first-order valence-corrected chi connectivity index (χ1v) is 15.4. The molecule has 0 bridgehead atoms. The average Bonchev–Trinajstić information content (AvgIpc) is 2.90. The van der Waals surface area contributed by atoms with Crippen LogP contribution in [0.2, 0.25) is 12.6 Å². The van der Waals surface area contributed by atoms with E-state index in [9.17, 15) is 0 Å². The van der Waals surface area contributed by atoms with Crippen molar-refractivity contribution in [2.24, 2.45) is 11.5 Å². The second-order valence-corrected chi connectivity index (χ2v) is 12.7. The van der Waals surface area contributed by atoms with Gasteiger partial charge in [-0.05, 0) is 99.9 Å². The van der Waals surface area contributed by atoms with Gasteiger partial charge in [0, 0.05) is 10.9 Å². The number of hydrogen-bond acceptors (Lipinski definition) is 2.